The number of aromatic nitrogens is 4. The first-order valence-electron chi connectivity index (χ1n) is 6.92. The van der Waals surface area contributed by atoms with E-state index in [2.05, 4.69) is 34.2 Å². The molecule has 2 heterocycles. The molecule has 106 valence electrons. The summed E-state index contributed by atoms with van der Waals surface area (Å²) in [6, 6.07) is 9.90. The van der Waals surface area contributed by atoms with Crippen LogP contribution in [0.2, 0.25) is 0 Å². The maximum absolute atomic E-state index is 5.72. The van der Waals surface area contributed by atoms with E-state index in [0.29, 0.717) is 12.5 Å². The van der Waals surface area contributed by atoms with Gasteiger partial charge in [0.05, 0.1) is 12.2 Å². The number of nitrogens with zero attached hydrogens (tertiary/aromatic N) is 5. The molecule has 0 aliphatic carbocycles. The highest BCUT2D eigenvalue weighted by atomic mass is 16.5. The summed E-state index contributed by atoms with van der Waals surface area (Å²) < 4.78 is 5.72. The number of morpholine rings is 1. The molecule has 0 amide bonds. The Morgan fingerprint density at radius 3 is 2.55 bits per heavy atom. The average Bonchev–Trinajstić information content (AvgIpc) is 2.87. The molecule has 0 saturated carbocycles. The van der Waals surface area contributed by atoms with Gasteiger partial charge in [0, 0.05) is 18.7 Å². The van der Waals surface area contributed by atoms with Gasteiger partial charge in [-0.3, -0.25) is 4.90 Å². The second-order valence-corrected chi connectivity index (χ2v) is 5.29. The van der Waals surface area contributed by atoms with Crippen molar-refractivity contribution in [1.29, 1.82) is 0 Å². The Bertz CT molecular complexity index is 546. The fraction of sp³-hybridized carbons (Fsp3) is 0.500. The molecule has 20 heavy (non-hydrogen) atoms. The van der Waals surface area contributed by atoms with Gasteiger partial charge in [0.1, 0.15) is 6.67 Å². The maximum atomic E-state index is 5.72. The Balaban J connectivity index is 1.68. The first-order valence-corrected chi connectivity index (χ1v) is 6.92. The minimum absolute atomic E-state index is 0.246. The van der Waals surface area contributed by atoms with Gasteiger partial charge in [-0.1, -0.05) is 30.3 Å². The van der Waals surface area contributed by atoms with Crippen LogP contribution in [0, 0.1) is 0 Å². The molecule has 0 radical (unpaired) electrons. The second-order valence-electron chi connectivity index (χ2n) is 5.29. The van der Waals surface area contributed by atoms with E-state index in [0.717, 1.165) is 18.7 Å². The number of tetrazole rings is 1. The summed E-state index contributed by atoms with van der Waals surface area (Å²) in [6.45, 7) is 6.62. The zero-order chi connectivity index (χ0) is 13.9. The van der Waals surface area contributed by atoms with Crippen LogP contribution >= 0.6 is 0 Å². The molecule has 1 aromatic heterocycles. The van der Waals surface area contributed by atoms with Crippen molar-refractivity contribution in [1.82, 2.24) is 25.1 Å². The predicted octanol–water partition coefficient (Wildman–Crippen LogP) is 1.41. The van der Waals surface area contributed by atoms with Gasteiger partial charge >= 0.3 is 0 Å². The molecule has 1 fully saturated rings. The maximum Gasteiger partial charge on any atom is 0.204 e. The van der Waals surface area contributed by atoms with Gasteiger partial charge in [0.15, 0.2) is 0 Å². The Morgan fingerprint density at radius 2 is 1.85 bits per heavy atom. The van der Waals surface area contributed by atoms with E-state index in [1.807, 2.05) is 30.3 Å². The number of benzene rings is 1. The fourth-order valence-corrected chi connectivity index (χ4v) is 2.58. The summed E-state index contributed by atoms with van der Waals surface area (Å²) in [4.78, 5) is 3.93. The standard InChI is InChI=1S/C14H19N5O/c1-11-8-18(9-12(2)20-11)10-19-16-14(15-17-19)13-6-4-3-5-7-13/h3-7,11-12H,8-10H2,1-2H3/t11-,12-/m0/s1. The lowest BCUT2D eigenvalue weighted by Crippen LogP contribution is -2.46. The highest BCUT2D eigenvalue weighted by Crippen LogP contribution is 2.13. The number of hydrogen-bond donors (Lipinski definition) is 0. The summed E-state index contributed by atoms with van der Waals surface area (Å²) >= 11 is 0. The summed E-state index contributed by atoms with van der Waals surface area (Å²) in [5.74, 6) is 0.667. The van der Waals surface area contributed by atoms with E-state index in [1.54, 1.807) is 4.80 Å². The van der Waals surface area contributed by atoms with Crippen LogP contribution in [-0.2, 0) is 11.4 Å². The van der Waals surface area contributed by atoms with E-state index < -0.39 is 0 Å². The fourth-order valence-electron chi connectivity index (χ4n) is 2.58. The van der Waals surface area contributed by atoms with E-state index >= 15 is 0 Å². The van der Waals surface area contributed by atoms with Gasteiger partial charge in [0.2, 0.25) is 5.82 Å². The van der Waals surface area contributed by atoms with Crippen LogP contribution in [0.4, 0.5) is 0 Å². The molecule has 6 nitrogen and oxygen atoms in total. The quantitative estimate of drug-likeness (QED) is 0.846. The van der Waals surface area contributed by atoms with Crippen molar-refractivity contribution in [3.05, 3.63) is 30.3 Å². The van der Waals surface area contributed by atoms with E-state index in [4.69, 9.17) is 4.74 Å². The summed E-state index contributed by atoms with van der Waals surface area (Å²) in [6.07, 6.45) is 0.492. The van der Waals surface area contributed by atoms with E-state index in [1.165, 1.54) is 0 Å². The molecule has 1 aliphatic rings. The lowest BCUT2D eigenvalue weighted by atomic mass is 10.2. The van der Waals surface area contributed by atoms with Crippen LogP contribution in [0.3, 0.4) is 0 Å². The molecule has 3 rings (SSSR count). The third kappa shape index (κ3) is 3.02. The zero-order valence-electron chi connectivity index (χ0n) is 11.8. The van der Waals surface area contributed by atoms with Crippen molar-refractivity contribution >= 4 is 0 Å². The largest absolute Gasteiger partial charge is 0.373 e. The van der Waals surface area contributed by atoms with Crippen LogP contribution in [-0.4, -0.2) is 50.4 Å². The van der Waals surface area contributed by atoms with Crippen molar-refractivity contribution in [2.24, 2.45) is 0 Å². The first-order chi connectivity index (χ1) is 9.70. The SMILES string of the molecule is C[C@H]1CN(Cn2nnc(-c3ccccc3)n2)C[C@H](C)O1. The third-order valence-electron chi connectivity index (χ3n) is 3.31. The van der Waals surface area contributed by atoms with E-state index in [9.17, 15) is 0 Å². The highest BCUT2D eigenvalue weighted by molar-refractivity contribution is 5.52. The van der Waals surface area contributed by atoms with Crippen LogP contribution in [0.5, 0.6) is 0 Å². The molecule has 2 aromatic rings. The Morgan fingerprint density at radius 1 is 1.15 bits per heavy atom. The van der Waals surface area contributed by atoms with Crippen LogP contribution in [0.1, 0.15) is 13.8 Å². The molecule has 0 spiro atoms. The summed E-state index contributed by atoms with van der Waals surface area (Å²) in [7, 11) is 0. The Kier molecular flexibility index (Phi) is 3.75. The Labute approximate surface area is 118 Å². The molecule has 0 unspecified atom stereocenters. The molecule has 1 aromatic carbocycles. The predicted molar refractivity (Wildman–Crippen MR) is 74.8 cm³/mol. The van der Waals surface area contributed by atoms with Crippen LogP contribution in [0.25, 0.3) is 11.4 Å². The van der Waals surface area contributed by atoms with Crippen LogP contribution < -0.4 is 0 Å². The van der Waals surface area contributed by atoms with Crippen molar-refractivity contribution in [3.8, 4) is 11.4 Å². The van der Waals surface area contributed by atoms with Gasteiger partial charge in [-0.05, 0) is 19.1 Å². The normalized spacial score (nSPS) is 23.9. The topological polar surface area (TPSA) is 56.1 Å². The molecule has 0 N–H and O–H groups in total. The minimum Gasteiger partial charge on any atom is -0.373 e. The van der Waals surface area contributed by atoms with Gasteiger partial charge in [0.25, 0.3) is 0 Å². The molecular weight excluding hydrogens is 254 g/mol. The molecule has 2 atom stereocenters. The number of ether oxygens (including phenoxy) is 1. The highest BCUT2D eigenvalue weighted by Gasteiger charge is 2.22. The summed E-state index contributed by atoms with van der Waals surface area (Å²) in [5.41, 5.74) is 0.988. The smallest absolute Gasteiger partial charge is 0.204 e. The zero-order valence-corrected chi connectivity index (χ0v) is 11.8. The molecule has 1 saturated heterocycles. The van der Waals surface area contributed by atoms with Crippen molar-refractivity contribution < 1.29 is 4.74 Å². The number of hydrogen-bond acceptors (Lipinski definition) is 5. The lowest BCUT2D eigenvalue weighted by Gasteiger charge is -2.34. The van der Waals surface area contributed by atoms with Gasteiger partial charge in [-0.15, -0.1) is 15.0 Å². The lowest BCUT2D eigenvalue weighted by molar-refractivity contribution is -0.0788. The monoisotopic (exact) mass is 273 g/mol. The molecule has 6 heteroatoms. The Hall–Kier alpha value is -1.79. The van der Waals surface area contributed by atoms with Crippen molar-refractivity contribution in [3.63, 3.8) is 0 Å². The molecule has 1 aliphatic heterocycles. The van der Waals surface area contributed by atoms with Crippen LogP contribution in [0.15, 0.2) is 30.3 Å². The van der Waals surface area contributed by atoms with Gasteiger partial charge < -0.3 is 4.74 Å². The minimum atomic E-state index is 0.246. The average molecular weight is 273 g/mol. The second kappa shape index (κ2) is 5.68. The third-order valence-corrected chi connectivity index (χ3v) is 3.31. The van der Waals surface area contributed by atoms with Gasteiger partial charge in [-0.2, -0.15) is 0 Å². The van der Waals surface area contributed by atoms with Gasteiger partial charge in [-0.25, -0.2) is 0 Å². The first kappa shape index (κ1) is 13.2. The number of rotatable bonds is 3. The van der Waals surface area contributed by atoms with Crippen molar-refractivity contribution in [2.75, 3.05) is 13.1 Å². The van der Waals surface area contributed by atoms with Crippen molar-refractivity contribution in [2.45, 2.75) is 32.7 Å². The summed E-state index contributed by atoms with van der Waals surface area (Å²) in [5, 5.41) is 12.7. The molecule has 0 bridgehead atoms. The van der Waals surface area contributed by atoms with E-state index in [-0.39, 0.29) is 12.2 Å². The molecular formula is C14H19N5O.